The Morgan fingerprint density at radius 1 is 1.32 bits per heavy atom. The number of fused-ring (bicyclic) bond motifs is 1. The lowest BCUT2D eigenvalue weighted by Crippen LogP contribution is -2.36. The van der Waals surface area contributed by atoms with Crippen molar-refractivity contribution in [3.05, 3.63) is 34.4 Å². The highest BCUT2D eigenvalue weighted by molar-refractivity contribution is 5.85. The number of likely N-dealkylation sites (tertiary alicyclic amines) is 1. The first kappa shape index (κ1) is 12.4. The van der Waals surface area contributed by atoms with E-state index < -0.39 is 0 Å². The summed E-state index contributed by atoms with van der Waals surface area (Å²) in [4.78, 5) is 17.7. The first-order valence-electron chi connectivity index (χ1n) is 7.04. The average molecular weight is 256 g/mol. The summed E-state index contributed by atoms with van der Waals surface area (Å²) < 4.78 is 0. The molecule has 1 aromatic carbocycles. The van der Waals surface area contributed by atoms with Gasteiger partial charge < -0.3 is 4.90 Å². The highest BCUT2D eigenvalue weighted by Crippen LogP contribution is 2.32. The molecule has 0 N–H and O–H groups in total. The van der Waals surface area contributed by atoms with Crippen molar-refractivity contribution in [2.75, 3.05) is 13.1 Å². The minimum Gasteiger partial charge on any atom is -0.343 e. The Hall–Kier alpha value is -1.64. The fourth-order valence-electron chi connectivity index (χ4n) is 3.24. The Kier molecular flexibility index (Phi) is 3.13. The number of benzene rings is 1. The third-order valence-electron chi connectivity index (χ3n) is 4.40. The minimum absolute atomic E-state index is 0.206. The van der Waals surface area contributed by atoms with Gasteiger partial charge in [0.15, 0.2) is 0 Å². The molecule has 2 aliphatic rings. The number of hydrogen-bond acceptors (Lipinski definition) is 2. The van der Waals surface area contributed by atoms with Crippen LogP contribution in [0.2, 0.25) is 0 Å². The molecule has 100 valence electrons. The normalized spacial score (nSPS) is 18.7. The van der Waals surface area contributed by atoms with Crippen molar-refractivity contribution in [1.29, 1.82) is 0 Å². The number of aryl methyl sites for hydroxylation is 1. The fraction of sp³-hybridized carbons (Fsp3) is 0.500. The number of amides is 1. The van der Waals surface area contributed by atoms with E-state index in [1.165, 1.54) is 22.3 Å². The Bertz CT molecular complexity index is 540. The number of hydrogen-bond donors (Lipinski definition) is 0. The molecule has 0 aliphatic carbocycles. The Balaban J connectivity index is 1.79. The van der Waals surface area contributed by atoms with Gasteiger partial charge in [0.1, 0.15) is 0 Å². The standard InChI is InChI=1S/C16H20N2O/c1-11-7-14-9-17-10-15(14)8-16(11)13-3-5-18(6-4-13)12(2)19/h7-9,13H,3-6,10H2,1-2H3. The smallest absolute Gasteiger partial charge is 0.219 e. The minimum atomic E-state index is 0.206. The molecule has 2 aliphatic heterocycles. The van der Waals surface area contributed by atoms with Crippen LogP contribution >= 0.6 is 0 Å². The van der Waals surface area contributed by atoms with Crippen molar-refractivity contribution in [3.63, 3.8) is 0 Å². The van der Waals surface area contributed by atoms with Gasteiger partial charge in [-0.05, 0) is 54.0 Å². The van der Waals surface area contributed by atoms with E-state index in [0.717, 1.165) is 32.5 Å². The van der Waals surface area contributed by atoms with E-state index in [-0.39, 0.29) is 5.91 Å². The van der Waals surface area contributed by atoms with Crippen molar-refractivity contribution in [2.45, 2.75) is 39.2 Å². The van der Waals surface area contributed by atoms with Gasteiger partial charge in [0.05, 0.1) is 6.54 Å². The number of nitrogens with zero attached hydrogens (tertiary/aromatic N) is 2. The largest absolute Gasteiger partial charge is 0.343 e. The van der Waals surface area contributed by atoms with E-state index in [9.17, 15) is 4.79 Å². The van der Waals surface area contributed by atoms with E-state index in [4.69, 9.17) is 0 Å². The second-order valence-corrected chi connectivity index (χ2v) is 5.66. The van der Waals surface area contributed by atoms with Crippen LogP contribution in [0, 0.1) is 6.92 Å². The van der Waals surface area contributed by atoms with E-state index in [0.29, 0.717) is 5.92 Å². The van der Waals surface area contributed by atoms with Crippen LogP contribution in [0.4, 0.5) is 0 Å². The van der Waals surface area contributed by atoms with E-state index in [1.807, 2.05) is 11.1 Å². The third kappa shape index (κ3) is 2.29. The molecule has 1 saturated heterocycles. The van der Waals surface area contributed by atoms with E-state index in [1.54, 1.807) is 6.92 Å². The molecule has 3 nitrogen and oxygen atoms in total. The fourth-order valence-corrected chi connectivity index (χ4v) is 3.24. The van der Waals surface area contributed by atoms with Gasteiger partial charge in [-0.3, -0.25) is 9.79 Å². The summed E-state index contributed by atoms with van der Waals surface area (Å²) in [6, 6.07) is 4.60. The van der Waals surface area contributed by atoms with Crippen LogP contribution < -0.4 is 0 Å². The first-order chi connectivity index (χ1) is 9.15. The lowest BCUT2D eigenvalue weighted by atomic mass is 9.85. The lowest BCUT2D eigenvalue weighted by Gasteiger charge is -2.32. The molecule has 0 spiro atoms. The van der Waals surface area contributed by atoms with Crippen molar-refractivity contribution in [3.8, 4) is 0 Å². The zero-order valence-electron chi connectivity index (χ0n) is 11.6. The zero-order valence-corrected chi connectivity index (χ0v) is 11.6. The molecule has 0 radical (unpaired) electrons. The van der Waals surface area contributed by atoms with Crippen LogP contribution in [-0.4, -0.2) is 30.1 Å². The Morgan fingerprint density at radius 3 is 2.74 bits per heavy atom. The molecule has 3 heteroatoms. The van der Waals surface area contributed by atoms with Crippen molar-refractivity contribution < 1.29 is 4.79 Å². The molecule has 0 bridgehead atoms. The van der Waals surface area contributed by atoms with Gasteiger partial charge in [-0.1, -0.05) is 6.07 Å². The zero-order chi connectivity index (χ0) is 13.4. The van der Waals surface area contributed by atoms with Gasteiger partial charge in [0.2, 0.25) is 5.91 Å². The molecule has 3 rings (SSSR count). The number of carbonyl (C=O) groups excluding carboxylic acids is 1. The number of carbonyl (C=O) groups is 1. The molecule has 1 amide bonds. The second-order valence-electron chi connectivity index (χ2n) is 5.66. The quantitative estimate of drug-likeness (QED) is 0.760. The predicted molar refractivity (Wildman–Crippen MR) is 76.7 cm³/mol. The summed E-state index contributed by atoms with van der Waals surface area (Å²) in [5.41, 5.74) is 5.47. The Morgan fingerprint density at radius 2 is 2.05 bits per heavy atom. The van der Waals surface area contributed by atoms with Gasteiger partial charge in [-0.25, -0.2) is 0 Å². The summed E-state index contributed by atoms with van der Waals surface area (Å²) in [5.74, 6) is 0.805. The number of aliphatic imine (C=N–C) groups is 1. The lowest BCUT2D eigenvalue weighted by molar-refractivity contribution is -0.129. The molecular weight excluding hydrogens is 236 g/mol. The maximum atomic E-state index is 11.4. The highest BCUT2D eigenvalue weighted by Gasteiger charge is 2.24. The average Bonchev–Trinajstić information content (AvgIpc) is 2.85. The monoisotopic (exact) mass is 256 g/mol. The van der Waals surface area contributed by atoms with E-state index in [2.05, 4.69) is 24.0 Å². The van der Waals surface area contributed by atoms with Crippen LogP contribution in [0.25, 0.3) is 0 Å². The van der Waals surface area contributed by atoms with Crippen molar-refractivity contribution in [2.24, 2.45) is 4.99 Å². The predicted octanol–water partition coefficient (Wildman–Crippen LogP) is 2.65. The summed E-state index contributed by atoms with van der Waals surface area (Å²) >= 11 is 0. The van der Waals surface area contributed by atoms with Gasteiger partial charge in [-0.2, -0.15) is 0 Å². The molecule has 0 unspecified atom stereocenters. The van der Waals surface area contributed by atoms with E-state index >= 15 is 0 Å². The SMILES string of the molecule is CC(=O)N1CCC(c2cc3c(cc2C)C=NC3)CC1. The number of piperidine rings is 1. The second kappa shape index (κ2) is 4.80. The van der Waals surface area contributed by atoms with Crippen LogP contribution in [0.1, 0.15) is 47.9 Å². The molecule has 0 aromatic heterocycles. The van der Waals surface area contributed by atoms with Gasteiger partial charge >= 0.3 is 0 Å². The first-order valence-corrected chi connectivity index (χ1v) is 7.04. The molecule has 1 aromatic rings. The molecule has 19 heavy (non-hydrogen) atoms. The van der Waals surface area contributed by atoms with Crippen LogP contribution in [0.15, 0.2) is 17.1 Å². The molecule has 2 heterocycles. The van der Waals surface area contributed by atoms with Gasteiger partial charge in [0, 0.05) is 26.2 Å². The summed E-state index contributed by atoms with van der Waals surface area (Å²) in [6.45, 7) is 6.48. The summed E-state index contributed by atoms with van der Waals surface area (Å²) in [7, 11) is 0. The van der Waals surface area contributed by atoms with Crippen molar-refractivity contribution >= 4 is 12.1 Å². The van der Waals surface area contributed by atoms with Gasteiger partial charge in [-0.15, -0.1) is 0 Å². The summed E-state index contributed by atoms with van der Waals surface area (Å²) in [6.07, 6.45) is 4.14. The topological polar surface area (TPSA) is 32.7 Å². The van der Waals surface area contributed by atoms with Crippen molar-refractivity contribution in [1.82, 2.24) is 4.90 Å². The molecule has 0 atom stereocenters. The number of rotatable bonds is 1. The molecule has 1 fully saturated rings. The Labute approximate surface area is 114 Å². The molecule has 0 saturated carbocycles. The molecular formula is C16H20N2O. The highest BCUT2D eigenvalue weighted by atomic mass is 16.2. The van der Waals surface area contributed by atoms with Crippen LogP contribution in [0.3, 0.4) is 0 Å². The summed E-state index contributed by atoms with van der Waals surface area (Å²) in [5, 5.41) is 0. The third-order valence-corrected chi connectivity index (χ3v) is 4.40. The van der Waals surface area contributed by atoms with Crippen LogP contribution in [-0.2, 0) is 11.3 Å². The van der Waals surface area contributed by atoms with Gasteiger partial charge in [0.25, 0.3) is 0 Å². The maximum Gasteiger partial charge on any atom is 0.219 e. The van der Waals surface area contributed by atoms with Crippen LogP contribution in [0.5, 0.6) is 0 Å². The maximum absolute atomic E-state index is 11.4.